The summed E-state index contributed by atoms with van der Waals surface area (Å²) in [6.07, 6.45) is 1.02. The first kappa shape index (κ1) is 15.5. The van der Waals surface area contributed by atoms with Crippen LogP contribution in [0.5, 0.6) is 0 Å². The van der Waals surface area contributed by atoms with Crippen molar-refractivity contribution >= 4 is 28.1 Å². The van der Waals surface area contributed by atoms with E-state index in [1.807, 2.05) is 0 Å². The third-order valence-electron chi connectivity index (χ3n) is 2.45. The van der Waals surface area contributed by atoms with Gasteiger partial charge in [0.1, 0.15) is 0 Å². The zero-order chi connectivity index (χ0) is 13.5. The second-order valence-electron chi connectivity index (χ2n) is 4.53. The second-order valence-corrected chi connectivity index (χ2v) is 6.48. The maximum absolute atomic E-state index is 12.0. The van der Waals surface area contributed by atoms with E-state index in [9.17, 15) is 4.21 Å². The van der Waals surface area contributed by atoms with Crippen LogP contribution in [-0.4, -0.2) is 23.2 Å². The van der Waals surface area contributed by atoms with E-state index in [2.05, 4.69) is 13.8 Å². The van der Waals surface area contributed by atoms with Crippen molar-refractivity contribution in [1.29, 1.82) is 0 Å². The zero-order valence-electron chi connectivity index (χ0n) is 10.8. The lowest BCUT2D eigenvalue weighted by Gasteiger charge is -2.08. The first-order valence-corrected chi connectivity index (χ1v) is 7.71. The highest BCUT2D eigenvalue weighted by Crippen LogP contribution is 2.22. The van der Waals surface area contributed by atoms with Crippen molar-refractivity contribution in [1.82, 2.24) is 0 Å². The summed E-state index contributed by atoms with van der Waals surface area (Å²) in [5, 5.41) is 0.490. The Morgan fingerprint density at radius 3 is 2.78 bits per heavy atom. The van der Waals surface area contributed by atoms with Crippen LogP contribution in [0.1, 0.15) is 20.3 Å². The Morgan fingerprint density at radius 1 is 1.39 bits per heavy atom. The van der Waals surface area contributed by atoms with Gasteiger partial charge >= 0.3 is 0 Å². The molecule has 3 nitrogen and oxygen atoms in total. The number of hydrogen-bond donors (Lipinski definition) is 1. The lowest BCUT2D eigenvalue weighted by Crippen LogP contribution is -2.09. The van der Waals surface area contributed by atoms with Gasteiger partial charge in [-0.1, -0.05) is 25.4 Å². The summed E-state index contributed by atoms with van der Waals surface area (Å²) >= 11 is 5.98. The van der Waals surface area contributed by atoms with Crippen LogP contribution in [0.15, 0.2) is 23.1 Å². The van der Waals surface area contributed by atoms with Crippen molar-refractivity contribution in [3.63, 3.8) is 0 Å². The molecule has 0 saturated heterocycles. The molecule has 0 aliphatic rings. The Kier molecular flexibility index (Phi) is 6.68. The van der Waals surface area contributed by atoms with Gasteiger partial charge in [0.05, 0.1) is 33.1 Å². The lowest BCUT2D eigenvalue weighted by molar-refractivity contribution is 0.138. The molecule has 0 radical (unpaired) electrons. The van der Waals surface area contributed by atoms with Crippen LogP contribution in [0.25, 0.3) is 0 Å². The van der Waals surface area contributed by atoms with Crippen molar-refractivity contribution < 1.29 is 8.95 Å². The predicted molar refractivity (Wildman–Crippen MR) is 77.4 cm³/mol. The number of nitrogen functional groups attached to an aromatic ring is 1. The fraction of sp³-hybridized carbons (Fsp3) is 0.538. The van der Waals surface area contributed by atoms with E-state index >= 15 is 0 Å². The van der Waals surface area contributed by atoms with E-state index in [1.165, 1.54) is 0 Å². The van der Waals surface area contributed by atoms with Crippen LogP contribution in [0, 0.1) is 5.92 Å². The molecule has 18 heavy (non-hydrogen) atoms. The summed E-state index contributed by atoms with van der Waals surface area (Å²) in [7, 11) is -1.16. The van der Waals surface area contributed by atoms with Gasteiger partial charge in [-0.2, -0.15) is 0 Å². The molecule has 1 aromatic carbocycles. The van der Waals surface area contributed by atoms with Gasteiger partial charge in [-0.05, 0) is 30.5 Å². The highest BCUT2D eigenvalue weighted by atomic mass is 35.5. The molecule has 102 valence electrons. The van der Waals surface area contributed by atoms with Crippen molar-refractivity contribution in [3.8, 4) is 0 Å². The number of nitrogens with two attached hydrogens (primary N) is 1. The van der Waals surface area contributed by atoms with Gasteiger partial charge in [0.2, 0.25) is 0 Å². The monoisotopic (exact) mass is 289 g/mol. The average molecular weight is 290 g/mol. The highest BCUT2D eigenvalue weighted by Gasteiger charge is 2.09. The topological polar surface area (TPSA) is 52.3 Å². The van der Waals surface area contributed by atoms with Gasteiger partial charge in [0, 0.05) is 12.3 Å². The first-order valence-electron chi connectivity index (χ1n) is 6.02. The molecule has 0 aromatic heterocycles. The number of hydrogen-bond acceptors (Lipinski definition) is 3. The first-order chi connectivity index (χ1) is 8.50. The molecule has 0 aliphatic carbocycles. The average Bonchev–Trinajstić information content (AvgIpc) is 2.31. The van der Waals surface area contributed by atoms with Crippen LogP contribution in [0.4, 0.5) is 5.69 Å². The third kappa shape index (κ3) is 5.38. The minimum atomic E-state index is -1.16. The standard InChI is InChI=1S/C13H20ClNO2S/c1-10(2)5-6-17-7-8-18(16)13-9-11(15)3-4-12(13)14/h3-4,9-10H,5-8,15H2,1-2H3. The molecule has 0 spiro atoms. The third-order valence-corrected chi connectivity index (χ3v) is 4.26. The second kappa shape index (κ2) is 7.77. The predicted octanol–water partition coefficient (Wildman–Crippen LogP) is 3.09. The highest BCUT2D eigenvalue weighted by molar-refractivity contribution is 7.85. The van der Waals surface area contributed by atoms with Gasteiger partial charge < -0.3 is 10.5 Å². The minimum Gasteiger partial charge on any atom is -0.399 e. The molecule has 2 N–H and O–H groups in total. The smallest absolute Gasteiger partial charge is 0.0595 e. The summed E-state index contributed by atoms with van der Waals surface area (Å²) in [4.78, 5) is 0.587. The van der Waals surface area contributed by atoms with Crippen molar-refractivity contribution in [3.05, 3.63) is 23.2 Å². The minimum absolute atomic E-state index is 0.446. The van der Waals surface area contributed by atoms with Crippen LogP contribution >= 0.6 is 11.6 Å². The van der Waals surface area contributed by atoms with Gasteiger partial charge in [-0.3, -0.25) is 4.21 Å². The van der Waals surface area contributed by atoms with E-state index < -0.39 is 10.8 Å². The van der Waals surface area contributed by atoms with E-state index in [-0.39, 0.29) is 0 Å². The Labute approximate surface area is 116 Å². The van der Waals surface area contributed by atoms with Crippen molar-refractivity contribution in [2.24, 2.45) is 5.92 Å². The molecular formula is C13H20ClNO2S. The number of ether oxygens (including phenoxy) is 1. The molecular weight excluding hydrogens is 270 g/mol. The Balaban J connectivity index is 2.39. The largest absolute Gasteiger partial charge is 0.399 e. The van der Waals surface area contributed by atoms with E-state index in [4.69, 9.17) is 22.1 Å². The number of benzene rings is 1. The number of anilines is 1. The molecule has 0 aliphatic heterocycles. The summed E-state index contributed by atoms with van der Waals surface area (Å²) in [6, 6.07) is 5.03. The number of rotatable bonds is 7. The summed E-state index contributed by atoms with van der Waals surface area (Å²) in [5.74, 6) is 1.07. The zero-order valence-corrected chi connectivity index (χ0v) is 12.4. The van der Waals surface area contributed by atoms with Crippen LogP contribution in [0.3, 0.4) is 0 Å². The Morgan fingerprint density at radius 2 is 2.11 bits per heavy atom. The molecule has 0 saturated carbocycles. The van der Waals surface area contributed by atoms with Crippen molar-refractivity contribution in [2.45, 2.75) is 25.2 Å². The molecule has 1 aromatic rings. The summed E-state index contributed by atoms with van der Waals surface area (Å²) in [6.45, 7) is 5.48. The van der Waals surface area contributed by atoms with Gasteiger partial charge in [-0.25, -0.2) is 0 Å². The summed E-state index contributed by atoms with van der Waals surface area (Å²) < 4.78 is 17.4. The van der Waals surface area contributed by atoms with Gasteiger partial charge in [0.25, 0.3) is 0 Å². The lowest BCUT2D eigenvalue weighted by atomic mass is 10.1. The van der Waals surface area contributed by atoms with Gasteiger partial charge in [-0.15, -0.1) is 0 Å². The normalized spacial score (nSPS) is 12.9. The van der Waals surface area contributed by atoms with Crippen molar-refractivity contribution in [2.75, 3.05) is 24.7 Å². The maximum atomic E-state index is 12.0. The van der Waals surface area contributed by atoms with E-state index in [1.54, 1.807) is 18.2 Å². The molecule has 1 unspecified atom stereocenters. The molecule has 0 amide bonds. The fourth-order valence-corrected chi connectivity index (χ4v) is 2.78. The maximum Gasteiger partial charge on any atom is 0.0595 e. The number of halogens is 1. The van der Waals surface area contributed by atoms with Crippen LogP contribution < -0.4 is 5.73 Å². The van der Waals surface area contributed by atoms with Gasteiger partial charge in [0.15, 0.2) is 0 Å². The fourth-order valence-electron chi connectivity index (χ4n) is 1.36. The van der Waals surface area contributed by atoms with E-state index in [0.717, 1.165) is 6.42 Å². The Hall–Kier alpha value is -0.580. The quantitative estimate of drug-likeness (QED) is 0.620. The van der Waals surface area contributed by atoms with E-state index in [0.29, 0.717) is 40.5 Å². The Bertz CT molecular complexity index is 410. The molecule has 5 heteroatoms. The molecule has 0 heterocycles. The SMILES string of the molecule is CC(C)CCOCCS(=O)c1cc(N)ccc1Cl. The molecule has 0 fully saturated rings. The molecule has 0 bridgehead atoms. The molecule has 1 rings (SSSR count). The summed E-state index contributed by atoms with van der Waals surface area (Å²) in [5.41, 5.74) is 6.22. The van der Waals surface area contributed by atoms with Crippen LogP contribution in [0.2, 0.25) is 5.02 Å². The molecule has 1 atom stereocenters. The van der Waals surface area contributed by atoms with Crippen LogP contribution in [-0.2, 0) is 15.5 Å².